The molecule has 2 atom stereocenters. The van der Waals surface area contributed by atoms with Crippen LogP contribution in [0.25, 0.3) is 0 Å². The van der Waals surface area contributed by atoms with Crippen molar-refractivity contribution in [2.75, 3.05) is 0 Å². The van der Waals surface area contributed by atoms with Crippen molar-refractivity contribution in [3.05, 3.63) is 96.7 Å². The molecular formula is C30H43N2O2Y-. The SMILES string of the molecule is C=C/C=C(\C=C/C)CC(c1ccccc1)C(C)NC(=O)C(C)(C)Oc1cc[c-]cn1.CC.CC.[Y]. The number of ether oxygens (including phenoxy) is 1. The normalized spacial score (nSPS) is 12.5. The summed E-state index contributed by atoms with van der Waals surface area (Å²) in [6, 6.07) is 16.4. The van der Waals surface area contributed by atoms with Crippen molar-refractivity contribution < 1.29 is 42.2 Å². The fourth-order valence-corrected chi connectivity index (χ4v) is 3.25. The van der Waals surface area contributed by atoms with Crippen LogP contribution in [0.2, 0.25) is 0 Å². The van der Waals surface area contributed by atoms with Crippen LogP contribution in [0.4, 0.5) is 0 Å². The van der Waals surface area contributed by atoms with Crippen molar-refractivity contribution in [1.82, 2.24) is 10.3 Å². The third-order valence-corrected chi connectivity index (χ3v) is 4.85. The molecule has 5 heteroatoms. The maximum atomic E-state index is 13.0. The van der Waals surface area contributed by atoms with Crippen LogP contribution in [0, 0.1) is 6.07 Å². The molecule has 4 nitrogen and oxygen atoms in total. The molecule has 0 saturated heterocycles. The number of nitrogens with zero attached hydrogens (tertiary/aromatic N) is 1. The summed E-state index contributed by atoms with van der Waals surface area (Å²) in [6.45, 7) is 19.3. The fraction of sp³-hybridized carbons (Fsp3) is 0.400. The predicted octanol–water partition coefficient (Wildman–Crippen LogP) is 7.46. The van der Waals surface area contributed by atoms with Crippen molar-refractivity contribution in [2.45, 2.75) is 79.4 Å². The standard InChI is InChI=1S/C26H31N2O2.2C2H6.Y/c1-6-13-21(14-7-2)19-23(22-15-9-8-10-16-22)20(3)28-25(29)26(4,5)30-24-17-11-12-18-27-24;2*1-2;/h6-11,13-18,20,23H,1,19H2,2-5H3,(H,28,29);2*1-2H3;/q-1;;;/b14-7-,21-13+;;;. The largest absolute Gasteiger partial charge is 0.478 e. The van der Waals surface area contributed by atoms with E-state index in [1.165, 1.54) is 11.8 Å². The van der Waals surface area contributed by atoms with Crippen LogP contribution in [-0.2, 0) is 37.5 Å². The number of nitrogens with one attached hydrogen (secondary N) is 1. The molecule has 1 amide bonds. The number of benzene rings is 1. The van der Waals surface area contributed by atoms with Crippen LogP contribution >= 0.6 is 0 Å². The molecule has 0 saturated carbocycles. The van der Waals surface area contributed by atoms with Gasteiger partial charge in [0.25, 0.3) is 5.91 Å². The van der Waals surface area contributed by atoms with Crippen LogP contribution < -0.4 is 10.1 Å². The number of carbonyl (C=O) groups excluding carboxylic acids is 1. The zero-order valence-electron chi connectivity index (χ0n) is 22.8. The molecule has 0 fully saturated rings. The maximum Gasteiger partial charge on any atom is 0.263 e. The monoisotopic (exact) mass is 552 g/mol. The predicted molar refractivity (Wildman–Crippen MR) is 145 cm³/mol. The van der Waals surface area contributed by atoms with Crippen LogP contribution in [-0.4, -0.2) is 22.5 Å². The van der Waals surface area contributed by atoms with E-state index in [0.717, 1.165) is 12.0 Å². The van der Waals surface area contributed by atoms with Crippen LogP contribution in [0.1, 0.15) is 73.3 Å². The van der Waals surface area contributed by atoms with E-state index in [-0.39, 0.29) is 50.6 Å². The second-order valence-corrected chi connectivity index (χ2v) is 7.67. The first-order valence-electron chi connectivity index (χ1n) is 12.2. The Morgan fingerprint density at radius 1 is 1.17 bits per heavy atom. The van der Waals surface area contributed by atoms with Gasteiger partial charge in [-0.2, -0.15) is 0 Å². The number of carbonyl (C=O) groups is 1. The second kappa shape index (κ2) is 20.2. The number of pyridine rings is 1. The molecule has 2 aromatic rings. The summed E-state index contributed by atoms with van der Waals surface area (Å²) >= 11 is 0. The Morgan fingerprint density at radius 3 is 2.31 bits per heavy atom. The fourth-order valence-electron chi connectivity index (χ4n) is 3.25. The van der Waals surface area contributed by atoms with Gasteiger partial charge in [-0.3, -0.25) is 9.78 Å². The molecule has 1 N–H and O–H groups in total. The summed E-state index contributed by atoms with van der Waals surface area (Å²) in [7, 11) is 0. The third-order valence-electron chi connectivity index (χ3n) is 4.85. The minimum absolute atomic E-state index is 0. The van der Waals surface area contributed by atoms with Gasteiger partial charge in [0.1, 0.15) is 5.88 Å². The van der Waals surface area contributed by atoms with E-state index in [9.17, 15) is 4.79 Å². The molecule has 1 heterocycles. The Morgan fingerprint density at radius 2 is 1.80 bits per heavy atom. The minimum atomic E-state index is -1.06. The van der Waals surface area contributed by atoms with E-state index in [0.29, 0.717) is 5.88 Å². The Bertz CT molecular complexity index is 878. The molecule has 0 aliphatic carbocycles. The van der Waals surface area contributed by atoms with E-state index in [4.69, 9.17) is 4.74 Å². The summed E-state index contributed by atoms with van der Waals surface area (Å²) in [5.74, 6) is 0.300. The van der Waals surface area contributed by atoms with Gasteiger partial charge in [-0.15, -0.1) is 6.07 Å². The molecule has 0 bridgehead atoms. The summed E-state index contributed by atoms with van der Waals surface area (Å²) in [5, 5.41) is 3.15. The van der Waals surface area contributed by atoms with Crippen molar-refractivity contribution in [3.8, 4) is 5.88 Å². The number of amides is 1. The van der Waals surface area contributed by atoms with E-state index in [1.54, 1.807) is 32.1 Å². The first kappa shape index (κ1) is 35.1. The summed E-state index contributed by atoms with van der Waals surface area (Å²) in [6.07, 6.45) is 10.2. The minimum Gasteiger partial charge on any atom is -0.478 e. The smallest absolute Gasteiger partial charge is 0.263 e. The molecule has 189 valence electrons. The zero-order chi connectivity index (χ0) is 26.0. The second-order valence-electron chi connectivity index (χ2n) is 7.67. The number of allylic oxidation sites excluding steroid dienone is 5. The average molecular weight is 553 g/mol. The van der Waals surface area contributed by atoms with Gasteiger partial charge < -0.3 is 10.1 Å². The van der Waals surface area contributed by atoms with Gasteiger partial charge in [0, 0.05) is 44.7 Å². The molecule has 2 unspecified atom stereocenters. The molecule has 0 aliphatic rings. The van der Waals surface area contributed by atoms with Crippen molar-refractivity contribution in [1.29, 1.82) is 0 Å². The third kappa shape index (κ3) is 13.0. The Labute approximate surface area is 239 Å². The Kier molecular flexibility index (Phi) is 20.3. The Balaban J connectivity index is 0. The topological polar surface area (TPSA) is 51.2 Å². The van der Waals surface area contributed by atoms with Crippen molar-refractivity contribution in [2.24, 2.45) is 0 Å². The van der Waals surface area contributed by atoms with E-state index in [1.807, 2.05) is 71.9 Å². The quantitative estimate of drug-likeness (QED) is 0.246. The molecule has 0 spiro atoms. The molecule has 1 aromatic carbocycles. The van der Waals surface area contributed by atoms with Gasteiger partial charge in [-0.1, -0.05) is 95.1 Å². The maximum absolute atomic E-state index is 13.0. The molecule has 0 aliphatic heterocycles. The first-order valence-corrected chi connectivity index (χ1v) is 12.2. The van der Waals surface area contributed by atoms with Crippen LogP contribution in [0.3, 0.4) is 0 Å². The van der Waals surface area contributed by atoms with Crippen LogP contribution in [0.15, 0.2) is 85.1 Å². The molecular weight excluding hydrogens is 509 g/mol. The van der Waals surface area contributed by atoms with Gasteiger partial charge in [0.2, 0.25) is 0 Å². The van der Waals surface area contributed by atoms with E-state index < -0.39 is 5.60 Å². The average Bonchev–Trinajstić information content (AvgIpc) is 2.86. The van der Waals surface area contributed by atoms with Crippen LogP contribution in [0.5, 0.6) is 5.88 Å². The number of hydrogen-bond donors (Lipinski definition) is 1. The van der Waals surface area contributed by atoms with Crippen molar-refractivity contribution in [3.63, 3.8) is 0 Å². The summed E-state index contributed by atoms with van der Waals surface area (Å²) in [4.78, 5) is 17.1. The van der Waals surface area contributed by atoms with Gasteiger partial charge in [0.15, 0.2) is 5.60 Å². The molecule has 2 rings (SSSR count). The van der Waals surface area contributed by atoms with E-state index >= 15 is 0 Å². The first-order chi connectivity index (χ1) is 16.4. The molecule has 35 heavy (non-hydrogen) atoms. The van der Waals surface area contributed by atoms with Crippen molar-refractivity contribution >= 4 is 5.91 Å². The molecule has 1 radical (unpaired) electrons. The van der Waals surface area contributed by atoms with Gasteiger partial charge in [-0.05, 0) is 45.3 Å². The molecule has 1 aromatic heterocycles. The number of hydrogen-bond acceptors (Lipinski definition) is 3. The Hall–Kier alpha value is -2.04. The van der Waals surface area contributed by atoms with Gasteiger partial charge in [0.05, 0.1) is 0 Å². The number of rotatable bonds is 10. The van der Waals surface area contributed by atoms with Gasteiger partial charge >= 0.3 is 0 Å². The zero-order valence-corrected chi connectivity index (χ0v) is 25.7. The van der Waals surface area contributed by atoms with Gasteiger partial charge in [-0.25, -0.2) is 12.1 Å². The summed E-state index contributed by atoms with van der Waals surface area (Å²) < 4.78 is 5.83. The number of aromatic nitrogens is 1. The summed E-state index contributed by atoms with van der Waals surface area (Å²) in [5.41, 5.74) is 1.26. The van der Waals surface area contributed by atoms with E-state index in [2.05, 4.69) is 41.2 Å².